The zero-order valence-electron chi connectivity index (χ0n) is 16.6. The molecule has 2 aromatic heterocycles. The molecule has 4 rings (SSSR count). The van der Waals surface area contributed by atoms with Gasteiger partial charge in [-0.2, -0.15) is 13.2 Å². The molecule has 1 aliphatic rings. The second kappa shape index (κ2) is 7.41. The molecular formula is C20H16F3N5O4. The Morgan fingerprint density at radius 1 is 1.22 bits per heavy atom. The third kappa shape index (κ3) is 3.68. The number of alkyl halides is 3. The number of aromatic nitrogens is 3. The smallest absolute Gasteiger partial charge is 0.373 e. The van der Waals surface area contributed by atoms with Gasteiger partial charge in [-0.05, 0) is 6.07 Å². The molecule has 3 N–H and O–H groups in total. The highest BCUT2D eigenvalue weighted by atomic mass is 19.4. The van der Waals surface area contributed by atoms with Crippen molar-refractivity contribution in [2.24, 2.45) is 5.73 Å². The number of nitrogens with two attached hydrogens (primary N) is 1. The summed E-state index contributed by atoms with van der Waals surface area (Å²) in [5.41, 5.74) is 2.19. The lowest BCUT2D eigenvalue weighted by atomic mass is 9.98. The first kappa shape index (κ1) is 21.4. The van der Waals surface area contributed by atoms with E-state index in [0.717, 1.165) is 0 Å². The van der Waals surface area contributed by atoms with Gasteiger partial charge in [0.1, 0.15) is 17.1 Å². The number of hydrogen-bond acceptors (Lipinski definition) is 7. The standard InChI is InChI=1S/C20H16F3N5O4/c1-28-6-5-19(31,18(28)30)15-9-12(27-32-15)10-3-2-4-11(7-10)17-25-13(16(24)29)8-14(26-17)20(21,22)23/h2-4,7-9,31H,5-6H2,1H3,(H2,24,29). The van der Waals surface area contributed by atoms with Crippen LogP contribution in [0.1, 0.15) is 28.4 Å². The number of hydrogen-bond donors (Lipinski definition) is 2. The van der Waals surface area contributed by atoms with Gasteiger partial charge in [-0.3, -0.25) is 9.59 Å². The number of aliphatic hydroxyl groups is 1. The number of rotatable bonds is 4. The van der Waals surface area contributed by atoms with Gasteiger partial charge in [-0.25, -0.2) is 9.97 Å². The molecular weight excluding hydrogens is 431 g/mol. The number of primary amides is 1. The van der Waals surface area contributed by atoms with Crippen molar-refractivity contribution in [3.05, 3.63) is 53.5 Å². The minimum absolute atomic E-state index is 0.0430. The van der Waals surface area contributed by atoms with Crippen LogP contribution in [-0.2, 0) is 16.6 Å². The highest BCUT2D eigenvalue weighted by Crippen LogP contribution is 2.35. The lowest BCUT2D eigenvalue weighted by Gasteiger charge is -2.16. The molecule has 0 bridgehead atoms. The Bertz CT molecular complexity index is 1230. The zero-order chi connectivity index (χ0) is 23.3. The van der Waals surface area contributed by atoms with Crippen molar-refractivity contribution in [1.29, 1.82) is 0 Å². The lowest BCUT2D eigenvalue weighted by molar-refractivity contribution is -0.144. The van der Waals surface area contributed by atoms with Gasteiger partial charge >= 0.3 is 6.18 Å². The fourth-order valence-electron chi connectivity index (χ4n) is 3.35. The number of carbonyl (C=O) groups excluding carboxylic acids is 2. The number of likely N-dealkylation sites (tertiary alicyclic amines) is 1. The SMILES string of the molecule is CN1CCC(O)(c2cc(-c3cccc(-c4nc(C(N)=O)cc(C(F)(F)F)n4)c3)no2)C1=O. The van der Waals surface area contributed by atoms with Gasteiger partial charge in [0.2, 0.25) is 5.60 Å². The zero-order valence-corrected chi connectivity index (χ0v) is 16.6. The van der Waals surface area contributed by atoms with E-state index in [2.05, 4.69) is 15.1 Å². The predicted molar refractivity (Wildman–Crippen MR) is 103 cm³/mol. The van der Waals surface area contributed by atoms with E-state index in [1.54, 1.807) is 13.1 Å². The minimum Gasteiger partial charge on any atom is -0.373 e. The summed E-state index contributed by atoms with van der Waals surface area (Å²) in [4.78, 5) is 32.4. The van der Waals surface area contributed by atoms with Gasteiger partial charge in [-0.1, -0.05) is 23.4 Å². The molecule has 2 amide bonds. The van der Waals surface area contributed by atoms with Crippen LogP contribution in [0.3, 0.4) is 0 Å². The average molecular weight is 447 g/mol. The van der Waals surface area contributed by atoms with E-state index in [4.69, 9.17) is 10.3 Å². The topological polar surface area (TPSA) is 135 Å². The summed E-state index contributed by atoms with van der Waals surface area (Å²) in [6.07, 6.45) is -4.68. The molecule has 1 fully saturated rings. The maximum atomic E-state index is 13.2. The summed E-state index contributed by atoms with van der Waals surface area (Å²) in [6.45, 7) is 0.343. The molecule has 0 saturated carbocycles. The number of nitrogens with zero attached hydrogens (tertiary/aromatic N) is 4. The maximum absolute atomic E-state index is 13.2. The van der Waals surface area contributed by atoms with Crippen LogP contribution in [0.25, 0.3) is 22.6 Å². The van der Waals surface area contributed by atoms with Crippen molar-refractivity contribution in [1.82, 2.24) is 20.0 Å². The Balaban J connectivity index is 1.73. The quantitative estimate of drug-likeness (QED) is 0.624. The molecule has 0 spiro atoms. The average Bonchev–Trinajstić information content (AvgIpc) is 3.35. The molecule has 1 aromatic carbocycles. The van der Waals surface area contributed by atoms with Crippen molar-refractivity contribution >= 4 is 11.8 Å². The van der Waals surface area contributed by atoms with Gasteiger partial charge in [0.25, 0.3) is 11.8 Å². The molecule has 1 unspecified atom stereocenters. The molecule has 0 radical (unpaired) electrons. The molecule has 166 valence electrons. The summed E-state index contributed by atoms with van der Waals surface area (Å²) in [7, 11) is 1.55. The molecule has 1 aliphatic heterocycles. The van der Waals surface area contributed by atoms with Crippen molar-refractivity contribution < 1.29 is 32.4 Å². The summed E-state index contributed by atoms with van der Waals surface area (Å²) < 4.78 is 44.8. The van der Waals surface area contributed by atoms with E-state index in [1.807, 2.05) is 0 Å². The van der Waals surface area contributed by atoms with E-state index in [1.165, 1.54) is 29.2 Å². The van der Waals surface area contributed by atoms with Crippen molar-refractivity contribution in [2.75, 3.05) is 13.6 Å². The van der Waals surface area contributed by atoms with E-state index >= 15 is 0 Å². The molecule has 9 nitrogen and oxygen atoms in total. The van der Waals surface area contributed by atoms with Crippen LogP contribution in [0.5, 0.6) is 0 Å². The van der Waals surface area contributed by atoms with E-state index < -0.39 is 35.0 Å². The molecule has 1 atom stereocenters. The first-order valence-electron chi connectivity index (χ1n) is 9.31. The molecule has 0 aliphatic carbocycles. The Morgan fingerprint density at radius 2 is 1.94 bits per heavy atom. The van der Waals surface area contributed by atoms with Gasteiger partial charge < -0.3 is 20.3 Å². The summed E-state index contributed by atoms with van der Waals surface area (Å²) >= 11 is 0. The van der Waals surface area contributed by atoms with Crippen molar-refractivity contribution in [3.63, 3.8) is 0 Å². The summed E-state index contributed by atoms with van der Waals surface area (Å²) in [5, 5.41) is 14.6. The second-order valence-electron chi connectivity index (χ2n) is 7.32. The molecule has 12 heteroatoms. The van der Waals surface area contributed by atoms with Gasteiger partial charge in [0.05, 0.1) is 0 Å². The summed E-state index contributed by atoms with van der Waals surface area (Å²) in [6, 6.07) is 7.88. The monoisotopic (exact) mass is 447 g/mol. The largest absolute Gasteiger partial charge is 0.433 e. The van der Waals surface area contributed by atoms with E-state index in [9.17, 15) is 27.9 Å². The third-order valence-corrected chi connectivity index (χ3v) is 5.11. The summed E-state index contributed by atoms with van der Waals surface area (Å²) in [5.74, 6) is -2.05. The Labute approximate surface area is 178 Å². The van der Waals surface area contributed by atoms with Crippen LogP contribution in [0.4, 0.5) is 13.2 Å². The molecule has 1 saturated heterocycles. The van der Waals surface area contributed by atoms with Crippen molar-refractivity contribution in [3.8, 4) is 22.6 Å². The normalized spacial score (nSPS) is 18.9. The number of benzene rings is 1. The highest BCUT2D eigenvalue weighted by Gasteiger charge is 2.48. The predicted octanol–water partition coefficient (Wildman–Crippen LogP) is 1.97. The van der Waals surface area contributed by atoms with Gasteiger partial charge in [0, 0.05) is 43.3 Å². The van der Waals surface area contributed by atoms with Crippen LogP contribution >= 0.6 is 0 Å². The van der Waals surface area contributed by atoms with Crippen LogP contribution in [0.15, 0.2) is 40.9 Å². The van der Waals surface area contributed by atoms with Gasteiger partial charge in [-0.15, -0.1) is 0 Å². The first-order valence-corrected chi connectivity index (χ1v) is 9.31. The van der Waals surface area contributed by atoms with Crippen LogP contribution in [0, 0.1) is 0 Å². The van der Waals surface area contributed by atoms with Crippen LogP contribution in [0.2, 0.25) is 0 Å². The van der Waals surface area contributed by atoms with E-state index in [0.29, 0.717) is 18.2 Å². The number of likely N-dealkylation sites (N-methyl/N-ethyl adjacent to an activating group) is 1. The number of carbonyl (C=O) groups is 2. The van der Waals surface area contributed by atoms with Crippen LogP contribution in [-0.4, -0.2) is 50.5 Å². The maximum Gasteiger partial charge on any atom is 0.433 e. The minimum atomic E-state index is -4.81. The molecule has 32 heavy (non-hydrogen) atoms. The Morgan fingerprint density at radius 3 is 2.56 bits per heavy atom. The Hall–Kier alpha value is -3.80. The Kier molecular flexibility index (Phi) is 4.96. The molecule has 3 aromatic rings. The highest BCUT2D eigenvalue weighted by molar-refractivity contribution is 5.91. The first-order chi connectivity index (χ1) is 15.0. The fraction of sp³-hybridized carbons (Fsp3) is 0.250. The van der Waals surface area contributed by atoms with E-state index in [-0.39, 0.29) is 29.3 Å². The third-order valence-electron chi connectivity index (χ3n) is 5.11. The van der Waals surface area contributed by atoms with Gasteiger partial charge in [0.15, 0.2) is 11.6 Å². The number of amides is 2. The van der Waals surface area contributed by atoms with Crippen molar-refractivity contribution in [2.45, 2.75) is 18.2 Å². The second-order valence-corrected chi connectivity index (χ2v) is 7.32. The van der Waals surface area contributed by atoms with Crippen LogP contribution < -0.4 is 5.73 Å². The lowest BCUT2D eigenvalue weighted by Crippen LogP contribution is -2.35. The fourth-order valence-corrected chi connectivity index (χ4v) is 3.35. The number of halogens is 3. The molecule has 3 heterocycles.